The summed E-state index contributed by atoms with van der Waals surface area (Å²) in [5.74, 6) is 0.401. The quantitative estimate of drug-likeness (QED) is 0.763. The van der Waals surface area contributed by atoms with E-state index in [0.717, 1.165) is 30.7 Å². The first kappa shape index (κ1) is 16.0. The van der Waals surface area contributed by atoms with Crippen molar-refractivity contribution >= 4 is 20.7 Å². The molecular formula is C16H24N2O2S. The van der Waals surface area contributed by atoms with Crippen molar-refractivity contribution in [2.75, 3.05) is 18.1 Å². The van der Waals surface area contributed by atoms with Gasteiger partial charge in [-0.2, -0.15) is 0 Å². The lowest BCUT2D eigenvalue weighted by atomic mass is 10.2. The molecule has 0 saturated carbocycles. The van der Waals surface area contributed by atoms with Gasteiger partial charge in [-0.3, -0.25) is 0 Å². The number of rotatable bonds is 8. The number of para-hydroxylation sites is 1. The van der Waals surface area contributed by atoms with Crippen LogP contribution in [0.4, 0.5) is 0 Å². The predicted molar refractivity (Wildman–Crippen MR) is 88.3 cm³/mol. The van der Waals surface area contributed by atoms with E-state index >= 15 is 0 Å². The summed E-state index contributed by atoms with van der Waals surface area (Å²) in [5.41, 5.74) is 2.26. The summed E-state index contributed by atoms with van der Waals surface area (Å²) in [7, 11) is -2.95. The van der Waals surface area contributed by atoms with Crippen molar-refractivity contribution in [3.63, 3.8) is 0 Å². The molecule has 0 amide bonds. The van der Waals surface area contributed by atoms with E-state index in [1.807, 2.05) is 12.1 Å². The van der Waals surface area contributed by atoms with Gasteiger partial charge in [0.25, 0.3) is 0 Å². The molecule has 0 saturated heterocycles. The second kappa shape index (κ2) is 7.09. The highest BCUT2D eigenvalue weighted by Crippen LogP contribution is 2.20. The highest BCUT2D eigenvalue weighted by atomic mass is 32.2. The largest absolute Gasteiger partial charge is 0.342 e. The lowest BCUT2D eigenvalue weighted by molar-refractivity contribution is 0.586. The van der Waals surface area contributed by atoms with Crippen LogP contribution in [-0.4, -0.2) is 31.0 Å². The SMILES string of the molecule is CCCNCc1cc2ccccc2n1CCS(=O)(=O)CC. The molecule has 5 heteroatoms. The Morgan fingerprint density at radius 2 is 1.95 bits per heavy atom. The van der Waals surface area contributed by atoms with E-state index in [1.54, 1.807) is 6.92 Å². The van der Waals surface area contributed by atoms with Gasteiger partial charge in [0.1, 0.15) is 0 Å². The Labute approximate surface area is 127 Å². The van der Waals surface area contributed by atoms with Gasteiger partial charge in [-0.1, -0.05) is 32.0 Å². The molecule has 1 aromatic heterocycles. The third-order valence-corrected chi connectivity index (χ3v) is 5.38. The smallest absolute Gasteiger partial charge is 0.151 e. The molecule has 1 heterocycles. The van der Waals surface area contributed by atoms with Crippen LogP contribution in [0.3, 0.4) is 0 Å². The number of benzene rings is 1. The van der Waals surface area contributed by atoms with Gasteiger partial charge in [0, 0.05) is 30.1 Å². The number of nitrogens with one attached hydrogen (secondary N) is 1. The molecule has 0 aliphatic heterocycles. The number of aromatic nitrogens is 1. The van der Waals surface area contributed by atoms with Gasteiger partial charge in [0.15, 0.2) is 9.84 Å². The molecule has 0 radical (unpaired) electrons. The molecule has 0 aliphatic carbocycles. The minimum Gasteiger partial charge on any atom is -0.342 e. The monoisotopic (exact) mass is 308 g/mol. The van der Waals surface area contributed by atoms with Crippen LogP contribution in [0.5, 0.6) is 0 Å². The Morgan fingerprint density at radius 3 is 2.67 bits per heavy atom. The van der Waals surface area contributed by atoms with Crippen molar-refractivity contribution in [1.29, 1.82) is 0 Å². The lowest BCUT2D eigenvalue weighted by Crippen LogP contribution is -2.20. The van der Waals surface area contributed by atoms with E-state index in [9.17, 15) is 8.42 Å². The van der Waals surface area contributed by atoms with Crippen molar-refractivity contribution in [1.82, 2.24) is 9.88 Å². The van der Waals surface area contributed by atoms with Crippen LogP contribution in [0.25, 0.3) is 10.9 Å². The molecule has 21 heavy (non-hydrogen) atoms. The molecule has 1 aromatic carbocycles. The molecule has 1 N–H and O–H groups in total. The van der Waals surface area contributed by atoms with Crippen LogP contribution in [0.15, 0.2) is 30.3 Å². The molecule has 0 aliphatic rings. The Hall–Kier alpha value is -1.33. The van der Waals surface area contributed by atoms with Crippen molar-refractivity contribution in [2.24, 2.45) is 0 Å². The normalized spacial score (nSPS) is 12.1. The van der Waals surface area contributed by atoms with E-state index in [1.165, 1.54) is 5.39 Å². The minimum absolute atomic E-state index is 0.197. The zero-order chi connectivity index (χ0) is 15.3. The average Bonchev–Trinajstić information content (AvgIpc) is 2.83. The number of hydrogen-bond donors (Lipinski definition) is 1. The number of aryl methyl sites for hydroxylation is 1. The number of fused-ring (bicyclic) bond motifs is 1. The molecule has 4 nitrogen and oxygen atoms in total. The van der Waals surface area contributed by atoms with E-state index in [4.69, 9.17) is 0 Å². The Kier molecular flexibility index (Phi) is 5.42. The van der Waals surface area contributed by atoms with Gasteiger partial charge in [0.05, 0.1) is 5.75 Å². The minimum atomic E-state index is -2.95. The summed E-state index contributed by atoms with van der Waals surface area (Å²) in [6.45, 7) is 6.10. The fraction of sp³-hybridized carbons (Fsp3) is 0.500. The third kappa shape index (κ3) is 4.08. The van der Waals surface area contributed by atoms with Crippen molar-refractivity contribution < 1.29 is 8.42 Å². The topological polar surface area (TPSA) is 51.1 Å². The summed E-state index contributed by atoms with van der Waals surface area (Å²) in [5, 5.41) is 4.56. The van der Waals surface area contributed by atoms with Gasteiger partial charge in [0.2, 0.25) is 0 Å². The van der Waals surface area contributed by atoms with E-state index in [0.29, 0.717) is 6.54 Å². The lowest BCUT2D eigenvalue weighted by Gasteiger charge is -2.11. The molecule has 0 spiro atoms. The summed E-state index contributed by atoms with van der Waals surface area (Å²) in [6, 6.07) is 10.3. The second-order valence-corrected chi connectivity index (χ2v) is 7.73. The van der Waals surface area contributed by atoms with E-state index in [-0.39, 0.29) is 11.5 Å². The van der Waals surface area contributed by atoms with Crippen LogP contribution in [-0.2, 0) is 22.9 Å². The molecular weight excluding hydrogens is 284 g/mol. The first-order valence-corrected chi connectivity index (χ1v) is 9.38. The summed E-state index contributed by atoms with van der Waals surface area (Å²) < 4.78 is 25.7. The van der Waals surface area contributed by atoms with Gasteiger partial charge in [-0.25, -0.2) is 8.42 Å². The summed E-state index contributed by atoms with van der Waals surface area (Å²) in [4.78, 5) is 0. The van der Waals surface area contributed by atoms with Crippen LogP contribution in [0, 0.1) is 0 Å². The maximum atomic E-state index is 11.8. The predicted octanol–water partition coefficient (Wildman–Crippen LogP) is 2.58. The molecule has 2 rings (SSSR count). The van der Waals surface area contributed by atoms with Crippen molar-refractivity contribution in [3.05, 3.63) is 36.0 Å². The molecule has 2 aromatic rings. The summed E-state index contributed by atoms with van der Waals surface area (Å²) in [6.07, 6.45) is 1.09. The maximum absolute atomic E-state index is 11.8. The van der Waals surface area contributed by atoms with Crippen LogP contribution in [0.1, 0.15) is 26.0 Å². The molecule has 0 atom stereocenters. The van der Waals surface area contributed by atoms with E-state index < -0.39 is 9.84 Å². The zero-order valence-corrected chi connectivity index (χ0v) is 13.6. The molecule has 0 unspecified atom stereocenters. The van der Waals surface area contributed by atoms with Crippen molar-refractivity contribution in [2.45, 2.75) is 33.4 Å². The number of nitrogens with zero attached hydrogens (tertiary/aromatic N) is 1. The fourth-order valence-electron chi connectivity index (χ4n) is 2.45. The summed E-state index contributed by atoms with van der Waals surface area (Å²) >= 11 is 0. The van der Waals surface area contributed by atoms with Gasteiger partial charge < -0.3 is 9.88 Å². The van der Waals surface area contributed by atoms with Gasteiger partial charge in [-0.05, 0) is 30.5 Å². The average molecular weight is 308 g/mol. The van der Waals surface area contributed by atoms with E-state index in [2.05, 4.69) is 35.0 Å². The molecule has 0 bridgehead atoms. The highest BCUT2D eigenvalue weighted by Gasteiger charge is 2.12. The highest BCUT2D eigenvalue weighted by molar-refractivity contribution is 7.91. The third-order valence-electron chi connectivity index (χ3n) is 3.69. The second-order valence-electron chi connectivity index (χ2n) is 5.26. The van der Waals surface area contributed by atoms with Crippen LogP contribution in [0.2, 0.25) is 0 Å². The first-order chi connectivity index (χ1) is 10.1. The van der Waals surface area contributed by atoms with Gasteiger partial charge in [-0.15, -0.1) is 0 Å². The van der Waals surface area contributed by atoms with Crippen molar-refractivity contribution in [3.8, 4) is 0 Å². The number of hydrogen-bond acceptors (Lipinski definition) is 3. The first-order valence-electron chi connectivity index (χ1n) is 7.55. The Bertz CT molecular complexity index is 689. The Balaban J connectivity index is 2.27. The zero-order valence-electron chi connectivity index (χ0n) is 12.8. The fourth-order valence-corrected chi connectivity index (χ4v) is 3.20. The maximum Gasteiger partial charge on any atom is 0.151 e. The van der Waals surface area contributed by atoms with Crippen LogP contribution < -0.4 is 5.32 Å². The molecule has 0 fully saturated rings. The Morgan fingerprint density at radius 1 is 1.19 bits per heavy atom. The standard InChI is InChI=1S/C16H24N2O2S/c1-3-9-17-13-15-12-14-7-5-6-8-16(14)18(15)10-11-21(19,20)4-2/h5-8,12,17H,3-4,9-11,13H2,1-2H3. The molecule has 116 valence electrons. The van der Waals surface area contributed by atoms with Crippen LogP contribution >= 0.6 is 0 Å². The van der Waals surface area contributed by atoms with Gasteiger partial charge >= 0.3 is 0 Å². The number of sulfone groups is 1.